The highest BCUT2D eigenvalue weighted by Gasteiger charge is 2.24. The molecule has 1 heterocycles. The van der Waals surface area contributed by atoms with E-state index in [0.717, 1.165) is 17.4 Å². The normalized spacial score (nSPS) is 20.6. The molecule has 0 spiro atoms. The second kappa shape index (κ2) is 6.49. The minimum absolute atomic E-state index is 0.370. The van der Waals surface area contributed by atoms with Crippen LogP contribution < -0.4 is 14.8 Å². The minimum atomic E-state index is 0.370. The molecular formula is C17H25NO2. The Morgan fingerprint density at radius 2 is 1.95 bits per heavy atom. The molecule has 2 aliphatic rings. The van der Waals surface area contributed by atoms with E-state index in [1.807, 2.05) is 6.07 Å². The Morgan fingerprint density at radius 3 is 2.75 bits per heavy atom. The van der Waals surface area contributed by atoms with Crippen LogP contribution in [0.1, 0.15) is 50.1 Å². The van der Waals surface area contributed by atoms with Gasteiger partial charge in [-0.2, -0.15) is 0 Å². The van der Waals surface area contributed by atoms with E-state index in [1.165, 1.54) is 44.1 Å². The van der Waals surface area contributed by atoms with Crippen molar-refractivity contribution in [3.8, 4) is 11.5 Å². The SMILES string of the molecule is CNC(CC1CCCCC1)c1cccc2c1OCCO2. The monoisotopic (exact) mass is 275 g/mol. The topological polar surface area (TPSA) is 30.5 Å². The molecule has 0 radical (unpaired) electrons. The maximum atomic E-state index is 5.86. The van der Waals surface area contributed by atoms with Gasteiger partial charge in [0.25, 0.3) is 0 Å². The molecule has 1 N–H and O–H groups in total. The van der Waals surface area contributed by atoms with Gasteiger partial charge in [0.1, 0.15) is 13.2 Å². The highest BCUT2D eigenvalue weighted by molar-refractivity contribution is 5.48. The summed E-state index contributed by atoms with van der Waals surface area (Å²) in [5.74, 6) is 2.70. The fraction of sp³-hybridized carbons (Fsp3) is 0.647. The lowest BCUT2D eigenvalue weighted by atomic mass is 9.83. The highest BCUT2D eigenvalue weighted by atomic mass is 16.6. The smallest absolute Gasteiger partial charge is 0.166 e. The average molecular weight is 275 g/mol. The summed E-state index contributed by atoms with van der Waals surface area (Å²) in [5.41, 5.74) is 1.26. The fourth-order valence-corrected chi connectivity index (χ4v) is 3.53. The number of fused-ring (bicyclic) bond motifs is 1. The largest absolute Gasteiger partial charge is 0.486 e. The van der Waals surface area contributed by atoms with Crippen molar-refractivity contribution in [2.45, 2.75) is 44.6 Å². The summed E-state index contributed by atoms with van der Waals surface area (Å²) in [5, 5.41) is 3.48. The molecule has 1 fully saturated rings. The Morgan fingerprint density at radius 1 is 1.15 bits per heavy atom. The summed E-state index contributed by atoms with van der Waals surface area (Å²) in [6, 6.07) is 6.63. The molecule has 3 nitrogen and oxygen atoms in total. The Kier molecular flexibility index (Phi) is 4.46. The van der Waals surface area contributed by atoms with Crippen molar-refractivity contribution < 1.29 is 9.47 Å². The summed E-state index contributed by atoms with van der Waals surface area (Å²) in [6.07, 6.45) is 8.17. The zero-order valence-electron chi connectivity index (χ0n) is 12.4. The summed E-state index contributed by atoms with van der Waals surface area (Å²) in [4.78, 5) is 0. The number of benzene rings is 1. The summed E-state index contributed by atoms with van der Waals surface area (Å²) in [6.45, 7) is 1.31. The summed E-state index contributed by atoms with van der Waals surface area (Å²) >= 11 is 0. The van der Waals surface area contributed by atoms with Crippen LogP contribution in [0, 0.1) is 5.92 Å². The Labute approximate surface area is 121 Å². The van der Waals surface area contributed by atoms with Gasteiger partial charge in [-0.3, -0.25) is 0 Å². The van der Waals surface area contributed by atoms with Crippen LogP contribution in [0.4, 0.5) is 0 Å². The van der Waals surface area contributed by atoms with Crippen molar-refractivity contribution in [1.29, 1.82) is 0 Å². The van der Waals surface area contributed by atoms with Gasteiger partial charge in [-0.15, -0.1) is 0 Å². The maximum absolute atomic E-state index is 5.86. The predicted octanol–water partition coefficient (Wildman–Crippen LogP) is 3.69. The van der Waals surface area contributed by atoms with E-state index >= 15 is 0 Å². The molecule has 1 atom stereocenters. The fourth-order valence-electron chi connectivity index (χ4n) is 3.53. The van der Waals surface area contributed by atoms with Gasteiger partial charge in [-0.05, 0) is 25.5 Å². The van der Waals surface area contributed by atoms with Crippen molar-refractivity contribution in [2.75, 3.05) is 20.3 Å². The number of ether oxygens (including phenoxy) is 2. The van der Waals surface area contributed by atoms with Crippen LogP contribution >= 0.6 is 0 Å². The molecule has 1 saturated carbocycles. The Balaban J connectivity index is 1.78. The lowest BCUT2D eigenvalue weighted by molar-refractivity contribution is 0.167. The number of hydrogen-bond donors (Lipinski definition) is 1. The molecule has 3 rings (SSSR count). The molecule has 1 aliphatic heterocycles. The first-order valence-electron chi connectivity index (χ1n) is 7.94. The van der Waals surface area contributed by atoms with E-state index in [0.29, 0.717) is 19.3 Å². The maximum Gasteiger partial charge on any atom is 0.166 e. The summed E-state index contributed by atoms with van der Waals surface area (Å²) in [7, 11) is 2.05. The average Bonchev–Trinajstić information content (AvgIpc) is 2.53. The third kappa shape index (κ3) is 2.93. The second-order valence-corrected chi connectivity index (χ2v) is 5.95. The quantitative estimate of drug-likeness (QED) is 0.909. The first-order chi connectivity index (χ1) is 9.88. The molecule has 1 aromatic carbocycles. The van der Waals surface area contributed by atoms with Gasteiger partial charge in [0.2, 0.25) is 0 Å². The van der Waals surface area contributed by atoms with Crippen molar-refractivity contribution in [2.24, 2.45) is 5.92 Å². The molecule has 110 valence electrons. The number of rotatable bonds is 4. The predicted molar refractivity (Wildman–Crippen MR) is 80.4 cm³/mol. The van der Waals surface area contributed by atoms with Gasteiger partial charge in [0, 0.05) is 11.6 Å². The van der Waals surface area contributed by atoms with Gasteiger partial charge >= 0.3 is 0 Å². The van der Waals surface area contributed by atoms with Crippen LogP contribution in [0.25, 0.3) is 0 Å². The first kappa shape index (κ1) is 13.7. The van der Waals surface area contributed by atoms with Gasteiger partial charge in [0.05, 0.1) is 0 Å². The van der Waals surface area contributed by atoms with Gasteiger partial charge in [-0.1, -0.05) is 44.2 Å². The zero-order valence-corrected chi connectivity index (χ0v) is 12.4. The third-order valence-corrected chi connectivity index (χ3v) is 4.61. The second-order valence-electron chi connectivity index (χ2n) is 5.95. The van der Waals surface area contributed by atoms with E-state index in [4.69, 9.17) is 9.47 Å². The molecule has 20 heavy (non-hydrogen) atoms. The standard InChI is InChI=1S/C17H25NO2/c1-18-15(12-13-6-3-2-4-7-13)14-8-5-9-16-17(14)20-11-10-19-16/h5,8-9,13,15,18H,2-4,6-7,10-12H2,1H3. The molecule has 0 aromatic heterocycles. The lowest BCUT2D eigenvalue weighted by Crippen LogP contribution is -2.24. The van der Waals surface area contributed by atoms with E-state index in [1.54, 1.807) is 0 Å². The van der Waals surface area contributed by atoms with Gasteiger partial charge in [0.15, 0.2) is 11.5 Å². The van der Waals surface area contributed by atoms with Crippen molar-refractivity contribution in [1.82, 2.24) is 5.32 Å². The van der Waals surface area contributed by atoms with Crippen LogP contribution in [0.15, 0.2) is 18.2 Å². The molecular weight excluding hydrogens is 250 g/mol. The Hall–Kier alpha value is -1.22. The molecule has 1 aromatic rings. The zero-order chi connectivity index (χ0) is 13.8. The minimum Gasteiger partial charge on any atom is -0.486 e. The highest BCUT2D eigenvalue weighted by Crippen LogP contribution is 2.40. The van der Waals surface area contributed by atoms with Gasteiger partial charge in [-0.25, -0.2) is 0 Å². The number of nitrogens with one attached hydrogen (secondary N) is 1. The third-order valence-electron chi connectivity index (χ3n) is 4.61. The number of hydrogen-bond acceptors (Lipinski definition) is 3. The van der Waals surface area contributed by atoms with Crippen LogP contribution in [-0.2, 0) is 0 Å². The molecule has 0 bridgehead atoms. The number of para-hydroxylation sites is 1. The molecule has 3 heteroatoms. The lowest BCUT2D eigenvalue weighted by Gasteiger charge is -2.29. The van der Waals surface area contributed by atoms with Crippen molar-refractivity contribution >= 4 is 0 Å². The summed E-state index contributed by atoms with van der Waals surface area (Å²) < 4.78 is 11.6. The van der Waals surface area contributed by atoms with Crippen LogP contribution in [0.3, 0.4) is 0 Å². The Bertz CT molecular complexity index is 441. The van der Waals surface area contributed by atoms with E-state index in [-0.39, 0.29) is 0 Å². The molecule has 0 amide bonds. The van der Waals surface area contributed by atoms with Crippen LogP contribution in [-0.4, -0.2) is 20.3 Å². The van der Waals surface area contributed by atoms with E-state index < -0.39 is 0 Å². The van der Waals surface area contributed by atoms with E-state index in [9.17, 15) is 0 Å². The van der Waals surface area contributed by atoms with E-state index in [2.05, 4.69) is 24.5 Å². The van der Waals surface area contributed by atoms with Gasteiger partial charge < -0.3 is 14.8 Å². The van der Waals surface area contributed by atoms with Crippen molar-refractivity contribution in [3.63, 3.8) is 0 Å². The molecule has 1 aliphatic carbocycles. The molecule has 1 unspecified atom stereocenters. The van der Waals surface area contributed by atoms with Crippen LogP contribution in [0.2, 0.25) is 0 Å². The van der Waals surface area contributed by atoms with Crippen molar-refractivity contribution in [3.05, 3.63) is 23.8 Å². The van der Waals surface area contributed by atoms with Crippen LogP contribution in [0.5, 0.6) is 11.5 Å². The molecule has 0 saturated heterocycles. The first-order valence-corrected chi connectivity index (χ1v) is 7.94.